The molecule has 21 heavy (non-hydrogen) atoms. The Kier molecular flexibility index (Phi) is 4.15. The molecule has 0 bridgehead atoms. The van der Waals surface area contributed by atoms with Gasteiger partial charge in [0, 0.05) is 12.8 Å². The van der Waals surface area contributed by atoms with Crippen molar-refractivity contribution in [1.29, 1.82) is 0 Å². The molecule has 3 nitrogen and oxygen atoms in total. The second-order valence-corrected chi connectivity index (χ2v) is 6.01. The number of hydrogen-bond acceptors (Lipinski definition) is 3. The maximum Gasteiger partial charge on any atom is 0.168 e. The van der Waals surface area contributed by atoms with Gasteiger partial charge in [-0.05, 0) is 31.2 Å². The Morgan fingerprint density at radius 3 is 2.62 bits per heavy atom. The largest absolute Gasteiger partial charge is 0.493 e. The fourth-order valence-corrected chi connectivity index (χ4v) is 2.98. The number of aryl methyl sites for hydroxylation is 2. The molecule has 0 unspecified atom stereocenters. The summed E-state index contributed by atoms with van der Waals surface area (Å²) in [5, 5.41) is 1.03. The average Bonchev–Trinajstić information content (AvgIpc) is 2.82. The minimum atomic E-state index is 0.678. The van der Waals surface area contributed by atoms with E-state index in [-0.39, 0.29) is 0 Å². The molecule has 2 aromatic carbocycles. The van der Waals surface area contributed by atoms with Crippen molar-refractivity contribution in [3.05, 3.63) is 54.1 Å². The highest BCUT2D eigenvalue weighted by atomic mass is 32.2. The van der Waals surface area contributed by atoms with Crippen molar-refractivity contribution >= 4 is 22.8 Å². The third kappa shape index (κ3) is 3.22. The summed E-state index contributed by atoms with van der Waals surface area (Å²) in [6.07, 6.45) is 0. The monoisotopic (exact) mass is 298 g/mol. The van der Waals surface area contributed by atoms with E-state index >= 15 is 0 Å². The molecule has 0 aliphatic heterocycles. The third-order valence-electron chi connectivity index (χ3n) is 3.35. The molecular weight excluding hydrogens is 280 g/mol. The van der Waals surface area contributed by atoms with Crippen LogP contribution in [0.25, 0.3) is 11.0 Å². The molecule has 0 aliphatic rings. The topological polar surface area (TPSA) is 27.1 Å². The first-order valence-electron chi connectivity index (χ1n) is 6.98. The predicted octanol–water partition coefficient (Wildman–Crippen LogP) is 4.05. The Morgan fingerprint density at radius 2 is 1.86 bits per heavy atom. The van der Waals surface area contributed by atoms with Crippen molar-refractivity contribution in [2.24, 2.45) is 7.05 Å². The van der Waals surface area contributed by atoms with Gasteiger partial charge in [-0.3, -0.25) is 0 Å². The van der Waals surface area contributed by atoms with E-state index in [2.05, 4.69) is 41.7 Å². The molecule has 0 atom stereocenters. The first-order valence-corrected chi connectivity index (χ1v) is 7.96. The van der Waals surface area contributed by atoms with E-state index in [4.69, 9.17) is 4.74 Å². The summed E-state index contributed by atoms with van der Waals surface area (Å²) in [5.41, 5.74) is 3.46. The highest BCUT2D eigenvalue weighted by molar-refractivity contribution is 7.99. The van der Waals surface area contributed by atoms with Gasteiger partial charge in [0.2, 0.25) is 0 Å². The van der Waals surface area contributed by atoms with Gasteiger partial charge in [0.15, 0.2) is 5.16 Å². The van der Waals surface area contributed by atoms with E-state index in [0.29, 0.717) is 6.61 Å². The van der Waals surface area contributed by atoms with Gasteiger partial charge in [-0.1, -0.05) is 41.6 Å². The van der Waals surface area contributed by atoms with Crippen molar-refractivity contribution < 1.29 is 4.74 Å². The number of aromatic nitrogens is 2. The Balaban J connectivity index is 1.57. The van der Waals surface area contributed by atoms with Crippen LogP contribution in [-0.2, 0) is 7.05 Å². The van der Waals surface area contributed by atoms with Crippen molar-refractivity contribution in [2.45, 2.75) is 12.1 Å². The van der Waals surface area contributed by atoms with Crippen molar-refractivity contribution in [2.75, 3.05) is 12.4 Å². The lowest BCUT2D eigenvalue weighted by atomic mass is 10.2. The number of nitrogens with zero attached hydrogens (tertiary/aromatic N) is 2. The van der Waals surface area contributed by atoms with Crippen LogP contribution in [0.5, 0.6) is 5.75 Å². The van der Waals surface area contributed by atoms with Gasteiger partial charge in [-0.2, -0.15) is 0 Å². The zero-order valence-electron chi connectivity index (χ0n) is 12.2. The fourth-order valence-electron chi connectivity index (χ4n) is 2.18. The maximum absolute atomic E-state index is 5.74. The highest BCUT2D eigenvalue weighted by Crippen LogP contribution is 2.22. The lowest BCUT2D eigenvalue weighted by molar-refractivity contribution is 0.344. The number of rotatable bonds is 5. The molecule has 0 amide bonds. The van der Waals surface area contributed by atoms with Crippen LogP contribution < -0.4 is 4.74 Å². The number of fused-ring (bicyclic) bond motifs is 1. The van der Waals surface area contributed by atoms with Gasteiger partial charge in [0.05, 0.1) is 17.6 Å². The summed E-state index contributed by atoms with van der Waals surface area (Å²) < 4.78 is 7.87. The molecule has 0 aliphatic carbocycles. The molecule has 3 rings (SSSR count). The van der Waals surface area contributed by atoms with Crippen LogP contribution in [0.2, 0.25) is 0 Å². The molecule has 3 aromatic rings. The van der Waals surface area contributed by atoms with Gasteiger partial charge < -0.3 is 9.30 Å². The standard InChI is InChI=1S/C17H18N2OS/c1-13-7-9-14(10-8-13)20-11-12-21-17-18-15-5-3-4-6-16(15)19(17)2/h3-10H,11-12H2,1-2H3. The van der Waals surface area contributed by atoms with E-state index in [1.54, 1.807) is 11.8 Å². The number of thioether (sulfide) groups is 1. The SMILES string of the molecule is Cc1ccc(OCCSc2nc3ccccc3n2C)cc1. The van der Waals surface area contributed by atoms with Crippen LogP contribution in [0.4, 0.5) is 0 Å². The van der Waals surface area contributed by atoms with E-state index in [0.717, 1.165) is 22.2 Å². The second kappa shape index (κ2) is 6.22. The molecule has 0 spiro atoms. The molecule has 0 saturated carbocycles. The summed E-state index contributed by atoms with van der Waals surface area (Å²) in [7, 11) is 2.05. The van der Waals surface area contributed by atoms with Gasteiger partial charge >= 0.3 is 0 Å². The molecule has 1 aromatic heterocycles. The summed E-state index contributed by atoms with van der Waals surface area (Å²) in [6, 6.07) is 16.3. The number of benzene rings is 2. The number of imidazole rings is 1. The first kappa shape index (κ1) is 14.0. The van der Waals surface area contributed by atoms with Crippen LogP contribution in [0.3, 0.4) is 0 Å². The number of hydrogen-bond donors (Lipinski definition) is 0. The number of ether oxygens (including phenoxy) is 1. The van der Waals surface area contributed by atoms with Crippen LogP contribution >= 0.6 is 11.8 Å². The lowest BCUT2D eigenvalue weighted by Crippen LogP contribution is -2.01. The highest BCUT2D eigenvalue weighted by Gasteiger charge is 2.07. The Bertz CT molecular complexity index is 734. The smallest absolute Gasteiger partial charge is 0.168 e. The normalized spacial score (nSPS) is 11.0. The minimum absolute atomic E-state index is 0.678. The molecule has 1 heterocycles. The molecular formula is C17H18N2OS. The average molecular weight is 298 g/mol. The fraction of sp³-hybridized carbons (Fsp3) is 0.235. The minimum Gasteiger partial charge on any atom is -0.493 e. The van der Waals surface area contributed by atoms with E-state index in [1.165, 1.54) is 11.1 Å². The van der Waals surface area contributed by atoms with E-state index in [9.17, 15) is 0 Å². The Hall–Kier alpha value is -1.94. The Morgan fingerprint density at radius 1 is 1.10 bits per heavy atom. The molecule has 0 N–H and O–H groups in total. The third-order valence-corrected chi connectivity index (χ3v) is 4.34. The van der Waals surface area contributed by atoms with Crippen molar-refractivity contribution in [3.8, 4) is 5.75 Å². The summed E-state index contributed by atoms with van der Waals surface area (Å²) in [6.45, 7) is 2.75. The molecule has 0 radical (unpaired) electrons. The van der Waals surface area contributed by atoms with Gasteiger partial charge in [0.1, 0.15) is 5.75 Å². The molecule has 0 fully saturated rings. The van der Waals surface area contributed by atoms with Gasteiger partial charge in [-0.25, -0.2) is 4.98 Å². The quantitative estimate of drug-likeness (QED) is 0.525. The molecule has 0 saturated heterocycles. The van der Waals surface area contributed by atoms with Crippen LogP contribution in [0.15, 0.2) is 53.7 Å². The predicted molar refractivity (Wildman–Crippen MR) is 88.1 cm³/mol. The lowest BCUT2D eigenvalue weighted by Gasteiger charge is -2.06. The summed E-state index contributed by atoms with van der Waals surface area (Å²) >= 11 is 1.72. The summed E-state index contributed by atoms with van der Waals surface area (Å²) in [5.74, 6) is 1.80. The zero-order valence-corrected chi connectivity index (χ0v) is 13.1. The number of para-hydroxylation sites is 2. The van der Waals surface area contributed by atoms with E-state index in [1.807, 2.05) is 30.3 Å². The summed E-state index contributed by atoms with van der Waals surface area (Å²) in [4.78, 5) is 4.64. The van der Waals surface area contributed by atoms with Crippen molar-refractivity contribution in [1.82, 2.24) is 9.55 Å². The van der Waals surface area contributed by atoms with Crippen LogP contribution in [0, 0.1) is 6.92 Å². The van der Waals surface area contributed by atoms with Gasteiger partial charge in [0.25, 0.3) is 0 Å². The first-order chi connectivity index (χ1) is 10.2. The molecule has 108 valence electrons. The van der Waals surface area contributed by atoms with Gasteiger partial charge in [-0.15, -0.1) is 0 Å². The van der Waals surface area contributed by atoms with Crippen molar-refractivity contribution in [3.63, 3.8) is 0 Å². The van der Waals surface area contributed by atoms with Crippen LogP contribution in [0.1, 0.15) is 5.56 Å². The second-order valence-electron chi connectivity index (χ2n) is 4.95. The zero-order chi connectivity index (χ0) is 14.7. The molecule has 4 heteroatoms. The Labute approximate surface area is 129 Å². The maximum atomic E-state index is 5.74. The van der Waals surface area contributed by atoms with E-state index < -0.39 is 0 Å². The van der Waals surface area contributed by atoms with Crippen LogP contribution in [-0.4, -0.2) is 21.9 Å².